The van der Waals surface area contributed by atoms with Crippen LogP contribution in [0.5, 0.6) is 5.75 Å². The second-order valence-corrected chi connectivity index (χ2v) is 9.59. The normalized spacial score (nSPS) is 21.1. The van der Waals surface area contributed by atoms with Gasteiger partial charge in [0.2, 0.25) is 0 Å². The molecule has 3 atom stereocenters. The Hall–Kier alpha value is -3.10. The number of carbonyl (C=O) groups is 2. The van der Waals surface area contributed by atoms with Crippen LogP contribution in [-0.4, -0.2) is 56.0 Å². The van der Waals surface area contributed by atoms with Gasteiger partial charge in [0.05, 0.1) is 35.3 Å². The fourth-order valence-electron chi connectivity index (χ4n) is 4.62. The Morgan fingerprint density at radius 2 is 2.03 bits per heavy atom. The van der Waals surface area contributed by atoms with Gasteiger partial charge in [0.15, 0.2) is 0 Å². The first-order chi connectivity index (χ1) is 16.2. The van der Waals surface area contributed by atoms with Crippen LogP contribution in [-0.2, 0) is 23.2 Å². The van der Waals surface area contributed by atoms with Crippen molar-refractivity contribution in [2.75, 3.05) is 7.05 Å². The van der Waals surface area contributed by atoms with E-state index in [0.717, 1.165) is 48.3 Å². The summed E-state index contributed by atoms with van der Waals surface area (Å²) >= 11 is 0. The average molecular weight is 471 g/mol. The molecule has 0 saturated heterocycles. The molecule has 1 N–H and O–H groups in total. The van der Waals surface area contributed by atoms with Gasteiger partial charge in [-0.1, -0.05) is 0 Å². The zero-order valence-electron chi connectivity index (χ0n) is 20.4. The van der Waals surface area contributed by atoms with E-state index >= 15 is 0 Å². The van der Waals surface area contributed by atoms with Gasteiger partial charge in [-0.25, -0.2) is 9.78 Å². The minimum absolute atomic E-state index is 0.101. The number of amides is 1. The standard InChI is InChI=1S/C25H34N4O5/c1-15-23(34-19-7-5-6-18(12-19)24(30)31)11-10-21(27-15)20-13-26-29(4)22(20)14-33-25(32)28(3)16(2)17-8-9-17/h10-11,13,16-19H,5-9,12,14H2,1-4H3,(H,30,31)/t16-,18+,19+/m1/s1. The van der Waals surface area contributed by atoms with E-state index in [2.05, 4.69) is 12.0 Å². The Bertz CT molecular complexity index is 1050. The fourth-order valence-corrected chi connectivity index (χ4v) is 4.62. The Morgan fingerprint density at radius 3 is 2.71 bits per heavy atom. The molecule has 2 aliphatic rings. The lowest BCUT2D eigenvalue weighted by Crippen LogP contribution is -2.36. The predicted octanol–water partition coefficient (Wildman–Crippen LogP) is 4.18. The third-order valence-corrected chi connectivity index (χ3v) is 7.18. The number of aryl methyl sites for hydroxylation is 2. The first kappa shape index (κ1) is 24.0. The monoisotopic (exact) mass is 470 g/mol. The maximum Gasteiger partial charge on any atom is 0.410 e. The summed E-state index contributed by atoms with van der Waals surface area (Å²) in [5.74, 6) is 0.128. The lowest BCUT2D eigenvalue weighted by molar-refractivity contribution is -0.143. The minimum atomic E-state index is -0.753. The highest BCUT2D eigenvalue weighted by Gasteiger charge is 2.33. The van der Waals surface area contributed by atoms with Crippen molar-refractivity contribution in [2.24, 2.45) is 18.9 Å². The Balaban J connectivity index is 1.43. The summed E-state index contributed by atoms with van der Waals surface area (Å²) in [6, 6.07) is 3.91. The van der Waals surface area contributed by atoms with E-state index in [-0.39, 0.29) is 30.8 Å². The van der Waals surface area contributed by atoms with Crippen molar-refractivity contribution in [1.29, 1.82) is 0 Å². The maximum absolute atomic E-state index is 12.5. The number of pyridine rings is 1. The molecule has 34 heavy (non-hydrogen) atoms. The molecule has 2 heterocycles. The second kappa shape index (κ2) is 10.0. The van der Waals surface area contributed by atoms with Crippen LogP contribution in [0.3, 0.4) is 0 Å². The van der Waals surface area contributed by atoms with Crippen molar-refractivity contribution in [1.82, 2.24) is 19.7 Å². The van der Waals surface area contributed by atoms with E-state index in [0.29, 0.717) is 24.5 Å². The smallest absolute Gasteiger partial charge is 0.410 e. The topological polar surface area (TPSA) is 107 Å². The molecule has 2 aromatic rings. The number of rotatable bonds is 8. The van der Waals surface area contributed by atoms with Crippen molar-refractivity contribution in [3.05, 3.63) is 29.7 Å². The number of aromatic nitrogens is 3. The number of aliphatic carboxylic acids is 1. The largest absolute Gasteiger partial charge is 0.489 e. The van der Waals surface area contributed by atoms with Crippen molar-refractivity contribution in [2.45, 2.75) is 71.1 Å². The summed E-state index contributed by atoms with van der Waals surface area (Å²) < 4.78 is 13.4. The van der Waals surface area contributed by atoms with Crippen molar-refractivity contribution in [3.63, 3.8) is 0 Å². The summed E-state index contributed by atoms with van der Waals surface area (Å²) in [6.45, 7) is 4.03. The van der Waals surface area contributed by atoms with Crippen molar-refractivity contribution in [3.8, 4) is 17.0 Å². The van der Waals surface area contributed by atoms with Crippen LogP contribution in [0.15, 0.2) is 18.3 Å². The second-order valence-electron chi connectivity index (χ2n) is 9.59. The molecule has 0 bridgehead atoms. The van der Waals surface area contributed by atoms with Gasteiger partial charge in [0.25, 0.3) is 0 Å². The quantitative estimate of drug-likeness (QED) is 0.617. The third-order valence-electron chi connectivity index (χ3n) is 7.18. The molecule has 9 nitrogen and oxygen atoms in total. The van der Waals surface area contributed by atoms with Gasteiger partial charge in [0.1, 0.15) is 12.4 Å². The number of carbonyl (C=O) groups excluding carboxylic acids is 1. The molecular weight excluding hydrogens is 436 g/mol. The molecule has 0 aliphatic heterocycles. The van der Waals surface area contributed by atoms with Gasteiger partial charge < -0.3 is 19.5 Å². The van der Waals surface area contributed by atoms with E-state index in [1.165, 1.54) is 0 Å². The highest BCUT2D eigenvalue weighted by atomic mass is 16.6. The zero-order chi connectivity index (χ0) is 24.4. The molecular formula is C25H34N4O5. The zero-order valence-corrected chi connectivity index (χ0v) is 20.4. The molecule has 2 aromatic heterocycles. The van der Waals surface area contributed by atoms with Crippen LogP contribution in [0.25, 0.3) is 11.3 Å². The first-order valence-electron chi connectivity index (χ1n) is 12.0. The van der Waals surface area contributed by atoms with Crippen LogP contribution in [0.1, 0.15) is 56.8 Å². The summed E-state index contributed by atoms with van der Waals surface area (Å²) in [6.07, 6.45) is 6.50. The number of hydrogen-bond donors (Lipinski definition) is 1. The third kappa shape index (κ3) is 5.34. The lowest BCUT2D eigenvalue weighted by atomic mass is 9.87. The van der Waals surface area contributed by atoms with Gasteiger partial charge in [0, 0.05) is 25.7 Å². The molecule has 1 amide bonds. The van der Waals surface area contributed by atoms with Gasteiger partial charge in [-0.2, -0.15) is 5.10 Å². The molecule has 2 fully saturated rings. The Kier molecular flexibility index (Phi) is 7.09. The van der Waals surface area contributed by atoms with E-state index in [1.54, 1.807) is 22.8 Å². The van der Waals surface area contributed by atoms with Crippen LogP contribution < -0.4 is 4.74 Å². The van der Waals surface area contributed by atoms with Crippen LogP contribution in [0.2, 0.25) is 0 Å². The molecule has 0 radical (unpaired) electrons. The average Bonchev–Trinajstić information content (AvgIpc) is 3.61. The highest BCUT2D eigenvalue weighted by Crippen LogP contribution is 2.35. The predicted molar refractivity (Wildman–Crippen MR) is 125 cm³/mol. The summed E-state index contributed by atoms with van der Waals surface area (Å²) in [7, 11) is 3.60. The van der Waals surface area contributed by atoms with Crippen LogP contribution >= 0.6 is 0 Å². The fraction of sp³-hybridized carbons (Fsp3) is 0.600. The maximum atomic E-state index is 12.5. The Morgan fingerprint density at radius 1 is 1.26 bits per heavy atom. The lowest BCUT2D eigenvalue weighted by Gasteiger charge is -2.27. The molecule has 0 spiro atoms. The summed E-state index contributed by atoms with van der Waals surface area (Å²) in [5, 5.41) is 13.7. The van der Waals surface area contributed by atoms with Gasteiger partial charge in [-0.05, 0) is 70.4 Å². The van der Waals surface area contributed by atoms with E-state index < -0.39 is 5.97 Å². The molecule has 0 aromatic carbocycles. The van der Waals surface area contributed by atoms with E-state index in [4.69, 9.17) is 14.5 Å². The molecule has 0 unspecified atom stereocenters. The van der Waals surface area contributed by atoms with Crippen LogP contribution in [0.4, 0.5) is 4.79 Å². The molecule has 2 aliphatic carbocycles. The van der Waals surface area contributed by atoms with Gasteiger partial charge >= 0.3 is 12.1 Å². The van der Waals surface area contributed by atoms with Crippen LogP contribution in [0, 0.1) is 18.8 Å². The van der Waals surface area contributed by atoms with Gasteiger partial charge in [-0.3, -0.25) is 9.48 Å². The minimum Gasteiger partial charge on any atom is -0.489 e. The number of ether oxygens (including phenoxy) is 2. The number of carboxylic acids is 1. The number of hydrogen-bond acceptors (Lipinski definition) is 6. The highest BCUT2D eigenvalue weighted by molar-refractivity contribution is 5.70. The molecule has 2 saturated carbocycles. The van der Waals surface area contributed by atoms with Gasteiger partial charge in [-0.15, -0.1) is 0 Å². The first-order valence-corrected chi connectivity index (χ1v) is 12.0. The molecule has 184 valence electrons. The number of nitrogens with zero attached hydrogens (tertiary/aromatic N) is 4. The number of carboxylic acid groups (broad SMARTS) is 1. The van der Waals surface area contributed by atoms with Crippen molar-refractivity contribution >= 4 is 12.1 Å². The Labute approximate surface area is 200 Å². The van der Waals surface area contributed by atoms with E-state index in [1.807, 2.05) is 26.1 Å². The van der Waals surface area contributed by atoms with Crippen molar-refractivity contribution < 1.29 is 24.2 Å². The SMILES string of the molecule is Cc1nc(-c2cnn(C)c2COC(=O)N(C)[C@H](C)C2CC2)ccc1O[C@H]1CCC[C@H](C(=O)O)C1. The van der Waals surface area contributed by atoms with E-state index in [9.17, 15) is 14.7 Å². The molecule has 9 heteroatoms. The summed E-state index contributed by atoms with van der Waals surface area (Å²) in [5.41, 5.74) is 3.00. The molecule has 4 rings (SSSR count). The summed E-state index contributed by atoms with van der Waals surface area (Å²) in [4.78, 5) is 30.3.